The van der Waals surface area contributed by atoms with Crippen LogP contribution in [0.3, 0.4) is 0 Å². The van der Waals surface area contributed by atoms with Crippen LogP contribution in [0.15, 0.2) is 12.1 Å². The number of ether oxygens (including phenoxy) is 1. The molecule has 0 atom stereocenters. The van der Waals surface area contributed by atoms with Gasteiger partial charge in [0.2, 0.25) is 0 Å². The Kier molecular flexibility index (Phi) is 4.50. The minimum Gasteiger partial charge on any atom is -0.481 e. The van der Waals surface area contributed by atoms with Gasteiger partial charge in [-0.15, -0.1) is 0 Å². The van der Waals surface area contributed by atoms with Crippen LogP contribution in [-0.4, -0.2) is 17.0 Å². The number of hydrogen-bond donors (Lipinski definition) is 1. The van der Waals surface area contributed by atoms with Gasteiger partial charge in [-0.3, -0.25) is 9.59 Å². The second kappa shape index (κ2) is 6.15. The Morgan fingerprint density at radius 3 is 1.95 bits per heavy atom. The van der Waals surface area contributed by atoms with Crippen molar-refractivity contribution in [1.82, 2.24) is 0 Å². The predicted octanol–water partition coefficient (Wildman–Crippen LogP) is 2.90. The van der Waals surface area contributed by atoms with Gasteiger partial charge in [0.25, 0.3) is 0 Å². The second-order valence-electron chi connectivity index (χ2n) is 5.01. The van der Waals surface area contributed by atoms with Gasteiger partial charge in [0.05, 0.1) is 11.8 Å². The first kappa shape index (κ1) is 15.3. The zero-order valence-electron chi connectivity index (χ0n) is 10.9. The number of carboxylic acid groups (broad SMARTS) is 1. The third-order valence-electron chi connectivity index (χ3n) is 3.59. The molecule has 0 aliphatic heterocycles. The first-order valence-corrected chi connectivity index (χ1v) is 6.47. The van der Waals surface area contributed by atoms with Crippen molar-refractivity contribution in [3.05, 3.63) is 29.6 Å². The van der Waals surface area contributed by atoms with Crippen LogP contribution in [0.25, 0.3) is 0 Å². The minimum atomic E-state index is -1.63. The monoisotopic (exact) mass is 302 g/mol. The summed E-state index contributed by atoms with van der Waals surface area (Å²) in [4.78, 5) is 22.6. The molecule has 0 amide bonds. The predicted molar refractivity (Wildman–Crippen MR) is 65.0 cm³/mol. The Hall–Kier alpha value is -2.05. The summed E-state index contributed by atoms with van der Waals surface area (Å²) in [7, 11) is 0. The van der Waals surface area contributed by atoms with Crippen LogP contribution in [0.1, 0.15) is 25.7 Å². The lowest BCUT2D eigenvalue weighted by Gasteiger charge is -2.24. The number of carbonyl (C=O) groups excluding carboxylic acids is 1. The largest absolute Gasteiger partial charge is 0.481 e. The van der Waals surface area contributed by atoms with Crippen molar-refractivity contribution in [2.24, 2.45) is 11.8 Å². The molecule has 1 aliphatic rings. The number of rotatable bonds is 3. The highest BCUT2D eigenvalue weighted by Gasteiger charge is 2.31. The molecule has 1 aliphatic carbocycles. The topological polar surface area (TPSA) is 63.6 Å². The first-order valence-electron chi connectivity index (χ1n) is 6.47. The van der Waals surface area contributed by atoms with Gasteiger partial charge in [0.15, 0.2) is 17.5 Å². The van der Waals surface area contributed by atoms with Gasteiger partial charge in [-0.2, -0.15) is 0 Å². The standard InChI is InChI=1S/C14H13F3O4/c15-10-5-9(6-11(16)12(10)17)21-14(20)8-3-1-7(2-4-8)13(18)19/h5-8H,1-4H2,(H,18,19). The molecular formula is C14H13F3O4. The highest BCUT2D eigenvalue weighted by atomic mass is 19.2. The lowest BCUT2D eigenvalue weighted by molar-refractivity contribution is -0.146. The number of benzene rings is 1. The van der Waals surface area contributed by atoms with E-state index in [9.17, 15) is 22.8 Å². The normalized spacial score (nSPS) is 21.9. The number of hydrogen-bond acceptors (Lipinski definition) is 3. The average molecular weight is 302 g/mol. The van der Waals surface area contributed by atoms with Gasteiger partial charge in [0, 0.05) is 12.1 Å². The van der Waals surface area contributed by atoms with Crippen molar-refractivity contribution < 1.29 is 32.6 Å². The Morgan fingerprint density at radius 2 is 1.48 bits per heavy atom. The fourth-order valence-corrected chi connectivity index (χ4v) is 2.37. The molecule has 1 saturated carbocycles. The number of carboxylic acids is 1. The summed E-state index contributed by atoms with van der Waals surface area (Å²) < 4.78 is 43.6. The van der Waals surface area contributed by atoms with E-state index in [1.165, 1.54) is 0 Å². The summed E-state index contributed by atoms with van der Waals surface area (Å²) in [6, 6.07) is 1.19. The molecule has 0 spiro atoms. The molecule has 1 N–H and O–H groups in total. The lowest BCUT2D eigenvalue weighted by atomic mass is 9.82. The van der Waals surface area contributed by atoms with Gasteiger partial charge < -0.3 is 9.84 Å². The number of carbonyl (C=O) groups is 2. The van der Waals surface area contributed by atoms with Crippen molar-refractivity contribution in [1.29, 1.82) is 0 Å². The maximum atomic E-state index is 13.0. The van der Waals surface area contributed by atoms with Crippen molar-refractivity contribution in [2.75, 3.05) is 0 Å². The Morgan fingerprint density at radius 1 is 1.00 bits per heavy atom. The number of halogens is 3. The van der Waals surface area contributed by atoms with Crippen molar-refractivity contribution in [3.8, 4) is 5.75 Å². The van der Waals surface area contributed by atoms with Crippen molar-refractivity contribution in [3.63, 3.8) is 0 Å². The molecule has 4 nitrogen and oxygen atoms in total. The summed E-state index contributed by atoms with van der Waals surface area (Å²) in [5.74, 6) is -7.49. The highest BCUT2D eigenvalue weighted by molar-refractivity contribution is 5.76. The molecule has 0 unspecified atom stereocenters. The third kappa shape index (κ3) is 3.53. The van der Waals surface area contributed by atoms with E-state index in [1.807, 2.05) is 0 Å². The third-order valence-corrected chi connectivity index (χ3v) is 3.59. The van der Waals surface area contributed by atoms with E-state index in [0.717, 1.165) is 0 Å². The van der Waals surface area contributed by atoms with E-state index < -0.39 is 47.0 Å². The second-order valence-corrected chi connectivity index (χ2v) is 5.01. The number of esters is 1. The van der Waals surface area contributed by atoms with Crippen molar-refractivity contribution >= 4 is 11.9 Å². The maximum absolute atomic E-state index is 13.0. The van der Waals surface area contributed by atoms with Crippen LogP contribution >= 0.6 is 0 Å². The van der Waals surface area contributed by atoms with E-state index in [4.69, 9.17) is 9.84 Å². The van der Waals surface area contributed by atoms with Crippen LogP contribution in [-0.2, 0) is 9.59 Å². The molecule has 114 valence electrons. The van der Waals surface area contributed by atoms with E-state index in [1.54, 1.807) is 0 Å². The van der Waals surface area contributed by atoms with E-state index >= 15 is 0 Å². The molecule has 21 heavy (non-hydrogen) atoms. The van der Waals surface area contributed by atoms with Gasteiger partial charge in [-0.05, 0) is 25.7 Å². The van der Waals surface area contributed by atoms with Crippen LogP contribution in [0, 0.1) is 29.3 Å². The Balaban J connectivity index is 1.98. The van der Waals surface area contributed by atoms with Gasteiger partial charge >= 0.3 is 11.9 Å². The SMILES string of the molecule is O=C(O)C1CCC(C(=O)Oc2cc(F)c(F)c(F)c2)CC1. The average Bonchev–Trinajstić information content (AvgIpc) is 2.44. The minimum absolute atomic E-state index is 0.335. The molecule has 2 rings (SSSR count). The molecule has 0 heterocycles. The van der Waals surface area contributed by atoms with E-state index in [-0.39, 0.29) is 0 Å². The van der Waals surface area contributed by atoms with E-state index in [0.29, 0.717) is 37.8 Å². The fraction of sp³-hybridized carbons (Fsp3) is 0.429. The molecule has 1 fully saturated rings. The summed E-state index contributed by atoms with van der Waals surface area (Å²) in [5, 5.41) is 8.85. The molecule has 0 aromatic heterocycles. The van der Waals surface area contributed by atoms with Crippen LogP contribution in [0.2, 0.25) is 0 Å². The maximum Gasteiger partial charge on any atom is 0.314 e. The molecule has 0 radical (unpaired) electrons. The summed E-state index contributed by atoms with van der Waals surface area (Å²) in [6.07, 6.45) is 1.37. The molecule has 1 aromatic rings. The molecule has 1 aromatic carbocycles. The van der Waals surface area contributed by atoms with Gasteiger partial charge in [-0.1, -0.05) is 0 Å². The molecular weight excluding hydrogens is 289 g/mol. The molecule has 0 saturated heterocycles. The van der Waals surface area contributed by atoms with Gasteiger partial charge in [0.1, 0.15) is 5.75 Å². The smallest absolute Gasteiger partial charge is 0.314 e. The lowest BCUT2D eigenvalue weighted by Crippen LogP contribution is -2.28. The van der Waals surface area contributed by atoms with Crippen LogP contribution in [0.4, 0.5) is 13.2 Å². The van der Waals surface area contributed by atoms with Crippen LogP contribution < -0.4 is 4.74 Å². The Labute approximate surface area is 118 Å². The summed E-state index contributed by atoms with van der Waals surface area (Å²) >= 11 is 0. The fourth-order valence-electron chi connectivity index (χ4n) is 2.37. The summed E-state index contributed by atoms with van der Waals surface area (Å²) in [6.45, 7) is 0. The van der Waals surface area contributed by atoms with Crippen molar-refractivity contribution in [2.45, 2.75) is 25.7 Å². The highest BCUT2D eigenvalue weighted by Crippen LogP contribution is 2.30. The van der Waals surface area contributed by atoms with Crippen LogP contribution in [0.5, 0.6) is 5.75 Å². The zero-order chi connectivity index (χ0) is 15.6. The van der Waals surface area contributed by atoms with Gasteiger partial charge in [-0.25, -0.2) is 13.2 Å². The molecule has 0 bridgehead atoms. The quantitative estimate of drug-likeness (QED) is 0.530. The first-order chi connectivity index (χ1) is 9.88. The van der Waals surface area contributed by atoms with E-state index in [2.05, 4.69) is 0 Å². The molecule has 7 heteroatoms. The summed E-state index contributed by atoms with van der Waals surface area (Å²) in [5.41, 5.74) is 0. The Bertz CT molecular complexity index is 542. The number of aliphatic carboxylic acids is 1. The zero-order valence-corrected chi connectivity index (χ0v) is 10.9.